The highest BCUT2D eigenvalue weighted by Gasteiger charge is 2.16. The molecule has 0 aliphatic carbocycles. The van der Waals surface area contributed by atoms with Gasteiger partial charge in [0, 0.05) is 21.8 Å². The Morgan fingerprint density at radius 3 is 2.29 bits per heavy atom. The Morgan fingerprint density at radius 1 is 0.829 bits per heavy atom. The van der Waals surface area contributed by atoms with E-state index >= 15 is 0 Å². The van der Waals surface area contributed by atoms with Crippen LogP contribution in [0, 0.1) is 13.8 Å². The zero-order valence-electron chi connectivity index (χ0n) is 23.1. The first kappa shape index (κ1) is 29.2. The van der Waals surface area contributed by atoms with Gasteiger partial charge in [-0.25, -0.2) is 0 Å². The first-order chi connectivity index (χ1) is 19.8. The van der Waals surface area contributed by atoms with Crippen molar-refractivity contribution in [1.29, 1.82) is 0 Å². The first-order valence-electron chi connectivity index (χ1n) is 12.9. The molecule has 0 spiro atoms. The third-order valence-corrected chi connectivity index (χ3v) is 7.07. The molecule has 0 heterocycles. The van der Waals surface area contributed by atoms with Gasteiger partial charge in [0.25, 0.3) is 11.8 Å². The molecular formula is C33H31N3O4S. The van der Waals surface area contributed by atoms with E-state index in [0.29, 0.717) is 22.6 Å². The van der Waals surface area contributed by atoms with Gasteiger partial charge in [-0.2, -0.15) is 0 Å². The normalized spacial score (nSPS) is 11.0. The van der Waals surface area contributed by atoms with Gasteiger partial charge in [0.1, 0.15) is 11.4 Å². The van der Waals surface area contributed by atoms with Crippen LogP contribution in [0.15, 0.2) is 108 Å². The number of thioether (sulfide) groups is 1. The molecule has 41 heavy (non-hydrogen) atoms. The van der Waals surface area contributed by atoms with E-state index in [9.17, 15) is 14.4 Å². The molecule has 0 saturated heterocycles. The van der Waals surface area contributed by atoms with E-state index in [1.165, 1.54) is 11.8 Å². The topological polar surface area (TPSA) is 96.5 Å². The minimum atomic E-state index is -0.486. The number of rotatable bonds is 10. The number of amides is 3. The Kier molecular flexibility index (Phi) is 9.96. The molecule has 0 aliphatic rings. The molecule has 0 unspecified atom stereocenters. The predicted octanol–water partition coefficient (Wildman–Crippen LogP) is 6.45. The third-order valence-electron chi connectivity index (χ3n) is 6.07. The zero-order valence-corrected chi connectivity index (χ0v) is 23.9. The van der Waals surface area contributed by atoms with Crippen molar-refractivity contribution in [1.82, 2.24) is 5.32 Å². The van der Waals surface area contributed by atoms with Crippen molar-refractivity contribution in [3.8, 4) is 5.75 Å². The lowest BCUT2D eigenvalue weighted by molar-refractivity contribution is -0.114. The number of carbonyl (C=O) groups is 3. The van der Waals surface area contributed by atoms with E-state index < -0.39 is 11.8 Å². The van der Waals surface area contributed by atoms with E-state index in [-0.39, 0.29) is 17.4 Å². The smallest absolute Gasteiger partial charge is 0.272 e. The highest BCUT2D eigenvalue weighted by molar-refractivity contribution is 8.00. The lowest BCUT2D eigenvalue weighted by atomic mass is 10.1. The van der Waals surface area contributed by atoms with Crippen molar-refractivity contribution in [3.63, 3.8) is 0 Å². The standard InChI is InChI=1S/C33H31N3O4S/c1-22-12-17-29(23(2)18-22)35-31(37)21-41-28-11-7-10-26(20-28)34-33(39)30(19-24-13-15-27(40-3)16-14-24)36-32(38)25-8-5-4-6-9-25/h4-20H,21H2,1-3H3,(H,34,39)(H,35,37)(H,36,38)/b30-19+. The summed E-state index contributed by atoms with van der Waals surface area (Å²) in [5.41, 5.74) is 4.68. The fourth-order valence-corrected chi connectivity index (χ4v) is 4.72. The van der Waals surface area contributed by atoms with Crippen LogP contribution in [0.4, 0.5) is 11.4 Å². The molecule has 3 amide bonds. The Hall–Kier alpha value is -4.82. The predicted molar refractivity (Wildman–Crippen MR) is 165 cm³/mol. The third kappa shape index (κ3) is 8.58. The van der Waals surface area contributed by atoms with Gasteiger partial charge in [0.15, 0.2) is 0 Å². The molecule has 0 atom stereocenters. The maximum absolute atomic E-state index is 13.4. The molecule has 0 bridgehead atoms. The van der Waals surface area contributed by atoms with Crippen LogP contribution in [-0.2, 0) is 9.59 Å². The maximum atomic E-state index is 13.4. The minimum absolute atomic E-state index is 0.0786. The van der Waals surface area contributed by atoms with E-state index in [2.05, 4.69) is 16.0 Å². The number of ether oxygens (including phenoxy) is 1. The SMILES string of the molecule is COc1ccc(/C=C(/NC(=O)c2ccccc2)C(=O)Nc2cccc(SCC(=O)Nc3ccc(C)cc3C)c2)cc1. The van der Waals surface area contributed by atoms with Crippen LogP contribution in [0.3, 0.4) is 0 Å². The molecule has 0 aromatic heterocycles. The lowest BCUT2D eigenvalue weighted by Gasteiger charge is -2.12. The average Bonchev–Trinajstić information content (AvgIpc) is 2.98. The molecule has 0 fully saturated rings. The zero-order chi connectivity index (χ0) is 29.2. The number of hydrogen-bond donors (Lipinski definition) is 3. The van der Waals surface area contributed by atoms with Crippen LogP contribution in [-0.4, -0.2) is 30.6 Å². The van der Waals surface area contributed by atoms with Crippen molar-refractivity contribution in [3.05, 3.63) is 125 Å². The molecule has 208 valence electrons. The van der Waals surface area contributed by atoms with E-state index in [4.69, 9.17) is 4.74 Å². The molecule has 4 rings (SSSR count). The molecule has 7 nitrogen and oxygen atoms in total. The average molecular weight is 566 g/mol. The molecular weight excluding hydrogens is 534 g/mol. The largest absolute Gasteiger partial charge is 0.497 e. The van der Waals surface area contributed by atoms with Crippen LogP contribution < -0.4 is 20.7 Å². The van der Waals surface area contributed by atoms with Crippen LogP contribution in [0.5, 0.6) is 5.75 Å². The Balaban J connectivity index is 1.45. The summed E-state index contributed by atoms with van der Waals surface area (Å²) in [4.78, 5) is 39.6. The number of methoxy groups -OCH3 is 1. The number of carbonyl (C=O) groups excluding carboxylic acids is 3. The van der Waals surface area contributed by atoms with Gasteiger partial charge in [-0.3, -0.25) is 14.4 Å². The van der Waals surface area contributed by atoms with E-state index in [0.717, 1.165) is 21.7 Å². The fraction of sp³-hybridized carbons (Fsp3) is 0.121. The summed E-state index contributed by atoms with van der Waals surface area (Å²) in [6.45, 7) is 3.97. The van der Waals surface area contributed by atoms with Gasteiger partial charge in [-0.15, -0.1) is 11.8 Å². The number of benzene rings is 4. The molecule has 4 aromatic carbocycles. The second-order valence-corrected chi connectivity index (χ2v) is 10.3. The van der Waals surface area contributed by atoms with Gasteiger partial charge in [0.2, 0.25) is 5.91 Å². The Bertz CT molecular complexity index is 1570. The van der Waals surface area contributed by atoms with E-state index in [1.807, 2.05) is 44.2 Å². The van der Waals surface area contributed by atoms with Crippen molar-refractivity contribution >= 4 is 46.9 Å². The molecule has 4 aromatic rings. The number of aryl methyl sites for hydroxylation is 2. The summed E-state index contributed by atoms with van der Waals surface area (Å²) < 4.78 is 5.21. The summed E-state index contributed by atoms with van der Waals surface area (Å²) in [6.07, 6.45) is 1.60. The van der Waals surface area contributed by atoms with Gasteiger partial charge in [-0.05, 0) is 79.6 Å². The lowest BCUT2D eigenvalue weighted by Crippen LogP contribution is -2.30. The second kappa shape index (κ2) is 14.0. The highest BCUT2D eigenvalue weighted by atomic mass is 32.2. The van der Waals surface area contributed by atoms with Gasteiger partial charge in [0.05, 0.1) is 12.9 Å². The number of nitrogens with one attached hydrogen (secondary N) is 3. The molecule has 8 heteroatoms. The fourth-order valence-electron chi connectivity index (χ4n) is 3.96. The monoisotopic (exact) mass is 565 g/mol. The molecule has 0 aliphatic heterocycles. The molecule has 0 radical (unpaired) electrons. The van der Waals surface area contributed by atoms with Gasteiger partial charge >= 0.3 is 0 Å². The van der Waals surface area contributed by atoms with Crippen molar-refractivity contribution < 1.29 is 19.1 Å². The highest BCUT2D eigenvalue weighted by Crippen LogP contribution is 2.23. The second-order valence-electron chi connectivity index (χ2n) is 9.29. The number of anilines is 2. The van der Waals surface area contributed by atoms with Crippen LogP contribution in [0.1, 0.15) is 27.0 Å². The Labute approximate surface area is 244 Å². The van der Waals surface area contributed by atoms with Crippen LogP contribution >= 0.6 is 11.8 Å². The van der Waals surface area contributed by atoms with Crippen LogP contribution in [0.2, 0.25) is 0 Å². The minimum Gasteiger partial charge on any atom is -0.497 e. The van der Waals surface area contributed by atoms with Crippen molar-refractivity contribution in [2.75, 3.05) is 23.5 Å². The first-order valence-corrected chi connectivity index (χ1v) is 13.9. The van der Waals surface area contributed by atoms with Crippen molar-refractivity contribution in [2.24, 2.45) is 0 Å². The number of hydrogen-bond acceptors (Lipinski definition) is 5. The summed E-state index contributed by atoms with van der Waals surface area (Å²) in [6, 6.07) is 28.9. The Morgan fingerprint density at radius 2 is 1.59 bits per heavy atom. The summed E-state index contributed by atoms with van der Waals surface area (Å²) in [7, 11) is 1.58. The van der Waals surface area contributed by atoms with Crippen molar-refractivity contribution in [2.45, 2.75) is 18.7 Å². The molecule has 3 N–H and O–H groups in total. The molecule has 0 saturated carbocycles. The van der Waals surface area contributed by atoms with Gasteiger partial charge < -0.3 is 20.7 Å². The quantitative estimate of drug-likeness (QED) is 0.152. The van der Waals surface area contributed by atoms with Crippen LogP contribution in [0.25, 0.3) is 6.08 Å². The summed E-state index contributed by atoms with van der Waals surface area (Å²) in [5.74, 6) is -0.122. The maximum Gasteiger partial charge on any atom is 0.272 e. The summed E-state index contributed by atoms with van der Waals surface area (Å²) >= 11 is 1.36. The summed E-state index contributed by atoms with van der Waals surface area (Å²) in [5, 5.41) is 8.55. The van der Waals surface area contributed by atoms with E-state index in [1.54, 1.807) is 79.9 Å². The van der Waals surface area contributed by atoms with Gasteiger partial charge in [-0.1, -0.05) is 54.1 Å².